The van der Waals surface area contributed by atoms with Crippen molar-refractivity contribution in [2.24, 2.45) is 0 Å². The summed E-state index contributed by atoms with van der Waals surface area (Å²) < 4.78 is 12.7. The van der Waals surface area contributed by atoms with E-state index >= 15 is 0 Å². The zero-order valence-corrected chi connectivity index (χ0v) is 16.5. The summed E-state index contributed by atoms with van der Waals surface area (Å²) in [6, 6.07) is 20.9. The second-order valence-electron chi connectivity index (χ2n) is 6.83. The summed E-state index contributed by atoms with van der Waals surface area (Å²) in [6.45, 7) is 3.48. The summed E-state index contributed by atoms with van der Waals surface area (Å²) in [6.07, 6.45) is 0. The molecule has 1 amide bonds. The molecule has 0 atom stereocenters. The number of rotatable bonds is 4. The number of hydrogen-bond donors (Lipinski definition) is 1. The van der Waals surface area contributed by atoms with E-state index in [0.29, 0.717) is 11.4 Å². The lowest BCUT2D eigenvalue weighted by atomic mass is 10.1. The SMILES string of the molecule is CC(C)(Oc1ccc(Br)cc1)C(=O)Nc1ccc2c(c1)oc1ccccc12. The number of nitrogens with one attached hydrogen (secondary N) is 1. The van der Waals surface area contributed by atoms with E-state index in [0.717, 1.165) is 26.4 Å². The Hall–Kier alpha value is -2.79. The van der Waals surface area contributed by atoms with Crippen LogP contribution in [-0.4, -0.2) is 11.5 Å². The molecule has 1 aromatic heterocycles. The van der Waals surface area contributed by atoms with Crippen LogP contribution in [0.3, 0.4) is 0 Å². The maximum Gasteiger partial charge on any atom is 0.267 e. The number of para-hydroxylation sites is 1. The summed E-state index contributed by atoms with van der Waals surface area (Å²) in [5, 5.41) is 5.00. The van der Waals surface area contributed by atoms with Gasteiger partial charge in [-0.2, -0.15) is 0 Å². The van der Waals surface area contributed by atoms with Crippen LogP contribution >= 0.6 is 15.9 Å². The molecule has 136 valence electrons. The first-order valence-corrected chi connectivity index (χ1v) is 9.39. The number of benzene rings is 3. The number of halogens is 1. The Bertz CT molecular complexity index is 1130. The zero-order valence-electron chi connectivity index (χ0n) is 15.0. The molecular formula is C22H18BrNO3. The summed E-state index contributed by atoms with van der Waals surface area (Å²) >= 11 is 3.39. The van der Waals surface area contributed by atoms with Crippen molar-refractivity contribution in [1.29, 1.82) is 0 Å². The lowest BCUT2D eigenvalue weighted by Gasteiger charge is -2.25. The van der Waals surface area contributed by atoms with Crippen LogP contribution in [0.5, 0.6) is 5.75 Å². The predicted molar refractivity (Wildman–Crippen MR) is 111 cm³/mol. The molecular weight excluding hydrogens is 406 g/mol. The maximum atomic E-state index is 12.7. The van der Waals surface area contributed by atoms with Gasteiger partial charge in [-0.25, -0.2) is 0 Å². The van der Waals surface area contributed by atoms with Gasteiger partial charge < -0.3 is 14.5 Å². The van der Waals surface area contributed by atoms with Gasteiger partial charge in [0.15, 0.2) is 5.60 Å². The van der Waals surface area contributed by atoms with Crippen molar-refractivity contribution in [2.75, 3.05) is 5.32 Å². The summed E-state index contributed by atoms with van der Waals surface area (Å²) in [5.41, 5.74) is 1.20. The zero-order chi connectivity index (χ0) is 19.0. The minimum absolute atomic E-state index is 0.235. The van der Waals surface area contributed by atoms with Gasteiger partial charge in [-0.15, -0.1) is 0 Å². The molecule has 0 unspecified atom stereocenters. The third-order valence-corrected chi connectivity index (χ3v) is 4.90. The van der Waals surface area contributed by atoms with E-state index in [9.17, 15) is 4.79 Å². The lowest BCUT2D eigenvalue weighted by Crippen LogP contribution is -2.42. The summed E-state index contributed by atoms with van der Waals surface area (Å²) in [5.74, 6) is 0.395. The summed E-state index contributed by atoms with van der Waals surface area (Å²) in [4.78, 5) is 12.7. The molecule has 1 N–H and O–H groups in total. The highest BCUT2D eigenvalue weighted by Crippen LogP contribution is 2.30. The smallest absolute Gasteiger partial charge is 0.267 e. The van der Waals surface area contributed by atoms with E-state index in [2.05, 4.69) is 21.2 Å². The van der Waals surface area contributed by atoms with Crippen LogP contribution in [0.2, 0.25) is 0 Å². The van der Waals surface area contributed by atoms with Crippen molar-refractivity contribution < 1.29 is 13.9 Å². The third-order valence-electron chi connectivity index (χ3n) is 4.37. The van der Waals surface area contributed by atoms with Crippen LogP contribution in [0.25, 0.3) is 21.9 Å². The van der Waals surface area contributed by atoms with Gasteiger partial charge in [0.05, 0.1) is 0 Å². The normalized spacial score (nSPS) is 11.7. The molecule has 4 rings (SSSR count). The van der Waals surface area contributed by atoms with Crippen molar-refractivity contribution >= 4 is 49.5 Å². The molecule has 27 heavy (non-hydrogen) atoms. The first-order chi connectivity index (χ1) is 12.9. The van der Waals surface area contributed by atoms with Crippen LogP contribution in [0.4, 0.5) is 5.69 Å². The molecule has 0 saturated carbocycles. The van der Waals surface area contributed by atoms with E-state index in [4.69, 9.17) is 9.15 Å². The molecule has 0 radical (unpaired) electrons. The molecule has 0 spiro atoms. The third kappa shape index (κ3) is 3.55. The van der Waals surface area contributed by atoms with Crippen LogP contribution in [-0.2, 0) is 4.79 Å². The molecule has 4 aromatic rings. The fourth-order valence-corrected chi connectivity index (χ4v) is 3.19. The molecule has 0 aliphatic carbocycles. The van der Waals surface area contributed by atoms with Crippen molar-refractivity contribution in [1.82, 2.24) is 0 Å². The number of carbonyl (C=O) groups is 1. The van der Waals surface area contributed by atoms with Crippen molar-refractivity contribution in [3.63, 3.8) is 0 Å². The van der Waals surface area contributed by atoms with Gasteiger partial charge in [0, 0.05) is 27.0 Å². The van der Waals surface area contributed by atoms with Crippen LogP contribution in [0.15, 0.2) is 75.6 Å². The Morgan fingerprint density at radius 2 is 1.67 bits per heavy atom. The Balaban J connectivity index is 1.56. The highest BCUT2D eigenvalue weighted by molar-refractivity contribution is 9.10. The first-order valence-electron chi connectivity index (χ1n) is 8.60. The predicted octanol–water partition coefficient (Wildman–Crippen LogP) is 6.14. The number of hydrogen-bond acceptors (Lipinski definition) is 3. The Labute approximate surface area is 165 Å². The van der Waals surface area contributed by atoms with Gasteiger partial charge in [0.25, 0.3) is 5.91 Å². The van der Waals surface area contributed by atoms with Crippen molar-refractivity contribution in [3.8, 4) is 5.75 Å². The van der Waals surface area contributed by atoms with Crippen molar-refractivity contribution in [3.05, 3.63) is 71.2 Å². The first kappa shape index (κ1) is 17.6. The molecule has 3 aromatic carbocycles. The number of anilines is 1. The number of furan rings is 1. The number of fused-ring (bicyclic) bond motifs is 3. The van der Waals surface area contributed by atoms with Gasteiger partial charge in [-0.1, -0.05) is 34.1 Å². The van der Waals surface area contributed by atoms with E-state index < -0.39 is 5.60 Å². The Morgan fingerprint density at radius 1 is 0.963 bits per heavy atom. The Kier molecular flexibility index (Phi) is 4.40. The topological polar surface area (TPSA) is 51.5 Å². The lowest BCUT2D eigenvalue weighted by molar-refractivity contribution is -0.128. The molecule has 0 fully saturated rings. The average molecular weight is 424 g/mol. The largest absolute Gasteiger partial charge is 0.478 e. The van der Waals surface area contributed by atoms with E-state index in [1.54, 1.807) is 13.8 Å². The van der Waals surface area contributed by atoms with Crippen LogP contribution in [0, 0.1) is 0 Å². The molecule has 4 nitrogen and oxygen atoms in total. The highest BCUT2D eigenvalue weighted by atomic mass is 79.9. The molecule has 0 aliphatic heterocycles. The Morgan fingerprint density at radius 3 is 2.44 bits per heavy atom. The van der Waals surface area contributed by atoms with Gasteiger partial charge in [-0.05, 0) is 56.3 Å². The minimum atomic E-state index is -1.03. The fraction of sp³-hybridized carbons (Fsp3) is 0.136. The van der Waals surface area contributed by atoms with Gasteiger partial charge >= 0.3 is 0 Å². The van der Waals surface area contributed by atoms with Crippen LogP contribution < -0.4 is 10.1 Å². The van der Waals surface area contributed by atoms with E-state index in [-0.39, 0.29) is 5.91 Å². The second kappa shape index (κ2) is 6.74. The molecule has 5 heteroatoms. The van der Waals surface area contributed by atoms with E-state index in [1.165, 1.54) is 0 Å². The molecule has 0 saturated heterocycles. The number of carbonyl (C=O) groups excluding carboxylic acids is 1. The standard InChI is InChI=1S/C22H18BrNO3/c1-22(2,27-16-10-7-14(23)8-11-16)21(25)24-15-9-12-18-17-5-3-4-6-19(17)26-20(18)13-15/h3-13H,1-2H3,(H,24,25). The summed E-state index contributed by atoms with van der Waals surface area (Å²) in [7, 11) is 0. The monoisotopic (exact) mass is 423 g/mol. The number of amides is 1. The minimum Gasteiger partial charge on any atom is -0.478 e. The quantitative estimate of drug-likeness (QED) is 0.428. The second-order valence-corrected chi connectivity index (χ2v) is 7.75. The average Bonchev–Trinajstić information content (AvgIpc) is 3.01. The van der Waals surface area contributed by atoms with Gasteiger partial charge in [0.2, 0.25) is 0 Å². The van der Waals surface area contributed by atoms with Gasteiger partial charge in [-0.3, -0.25) is 4.79 Å². The maximum absolute atomic E-state index is 12.7. The molecule has 0 bridgehead atoms. The number of ether oxygens (including phenoxy) is 1. The van der Waals surface area contributed by atoms with Crippen LogP contribution in [0.1, 0.15) is 13.8 Å². The molecule has 1 heterocycles. The van der Waals surface area contributed by atoms with E-state index in [1.807, 2.05) is 66.7 Å². The van der Waals surface area contributed by atoms with Gasteiger partial charge in [0.1, 0.15) is 16.9 Å². The highest BCUT2D eigenvalue weighted by Gasteiger charge is 2.30. The van der Waals surface area contributed by atoms with Crippen molar-refractivity contribution in [2.45, 2.75) is 19.4 Å². The fourth-order valence-electron chi connectivity index (χ4n) is 2.93. The molecule has 0 aliphatic rings.